The molecule has 1 unspecified atom stereocenters. The zero-order valence-electron chi connectivity index (χ0n) is 13.1. The largest absolute Gasteiger partial charge is 0.353 e. The summed E-state index contributed by atoms with van der Waals surface area (Å²) in [7, 11) is 0. The fourth-order valence-corrected chi connectivity index (χ4v) is 2.77. The molecule has 0 bridgehead atoms. The van der Waals surface area contributed by atoms with E-state index in [1.165, 1.54) is 12.1 Å². The standard InChI is InChI=1S/C18H18FNO4/c19-17-11-14(20(21)22)8-9-16(17)15-6-2-1-5-13(15)12-24-18-7-3-4-10-23-18/h1-2,5-6,8-9,11,18H,3-4,7,10,12H2. The molecule has 0 aliphatic carbocycles. The van der Waals surface area contributed by atoms with Crippen LogP contribution in [0.1, 0.15) is 24.8 Å². The number of benzene rings is 2. The molecule has 0 saturated carbocycles. The topological polar surface area (TPSA) is 61.6 Å². The van der Waals surface area contributed by atoms with E-state index in [9.17, 15) is 14.5 Å². The second-order valence-electron chi connectivity index (χ2n) is 5.69. The molecule has 1 aliphatic rings. The molecule has 5 nitrogen and oxygen atoms in total. The fraction of sp³-hybridized carbons (Fsp3) is 0.333. The minimum absolute atomic E-state index is 0.228. The van der Waals surface area contributed by atoms with Crippen LogP contribution in [0, 0.1) is 15.9 Å². The quantitative estimate of drug-likeness (QED) is 0.600. The van der Waals surface area contributed by atoms with E-state index in [1.807, 2.05) is 12.1 Å². The highest BCUT2D eigenvalue weighted by atomic mass is 19.1. The van der Waals surface area contributed by atoms with Crippen molar-refractivity contribution in [3.05, 3.63) is 64.0 Å². The Morgan fingerprint density at radius 2 is 2.04 bits per heavy atom. The number of nitrogens with zero attached hydrogens (tertiary/aromatic N) is 1. The van der Waals surface area contributed by atoms with Crippen LogP contribution in [0.2, 0.25) is 0 Å². The molecule has 0 N–H and O–H groups in total. The molecule has 2 aromatic rings. The van der Waals surface area contributed by atoms with Gasteiger partial charge < -0.3 is 9.47 Å². The molecule has 3 rings (SSSR count). The molecule has 24 heavy (non-hydrogen) atoms. The maximum absolute atomic E-state index is 14.3. The number of hydrogen-bond acceptors (Lipinski definition) is 4. The van der Waals surface area contributed by atoms with Gasteiger partial charge in [-0.3, -0.25) is 10.1 Å². The van der Waals surface area contributed by atoms with Gasteiger partial charge in [0.1, 0.15) is 5.82 Å². The monoisotopic (exact) mass is 331 g/mol. The Morgan fingerprint density at radius 3 is 2.75 bits per heavy atom. The molecule has 0 amide bonds. The molecule has 6 heteroatoms. The van der Waals surface area contributed by atoms with Gasteiger partial charge in [-0.15, -0.1) is 0 Å². The molecule has 1 atom stereocenters. The molecular formula is C18H18FNO4. The van der Waals surface area contributed by atoms with Crippen molar-refractivity contribution in [2.24, 2.45) is 0 Å². The maximum atomic E-state index is 14.3. The molecule has 1 saturated heterocycles. The predicted octanol–water partition coefficient (Wildman–Crippen LogP) is 4.44. The van der Waals surface area contributed by atoms with E-state index in [2.05, 4.69) is 0 Å². The summed E-state index contributed by atoms with van der Waals surface area (Å²) in [5.41, 5.74) is 1.55. The third-order valence-corrected chi connectivity index (χ3v) is 4.03. The van der Waals surface area contributed by atoms with Crippen molar-refractivity contribution >= 4 is 5.69 Å². The predicted molar refractivity (Wildman–Crippen MR) is 86.9 cm³/mol. The fourth-order valence-electron chi connectivity index (χ4n) is 2.77. The highest BCUT2D eigenvalue weighted by molar-refractivity contribution is 5.69. The Balaban J connectivity index is 1.82. The molecule has 1 heterocycles. The second kappa shape index (κ2) is 7.51. The van der Waals surface area contributed by atoms with Crippen LogP contribution in [0.25, 0.3) is 11.1 Å². The average Bonchev–Trinajstić information content (AvgIpc) is 2.61. The van der Waals surface area contributed by atoms with E-state index in [-0.39, 0.29) is 12.0 Å². The molecule has 2 aromatic carbocycles. The number of hydrogen-bond donors (Lipinski definition) is 0. The summed E-state index contributed by atoms with van der Waals surface area (Å²) in [5.74, 6) is -0.620. The molecule has 0 spiro atoms. The third kappa shape index (κ3) is 3.77. The first-order valence-electron chi connectivity index (χ1n) is 7.90. The number of ether oxygens (including phenoxy) is 2. The Morgan fingerprint density at radius 1 is 1.21 bits per heavy atom. The van der Waals surface area contributed by atoms with Crippen molar-refractivity contribution in [2.75, 3.05) is 6.61 Å². The summed E-state index contributed by atoms with van der Waals surface area (Å²) in [6, 6.07) is 11.0. The lowest BCUT2D eigenvalue weighted by Gasteiger charge is -2.23. The van der Waals surface area contributed by atoms with E-state index in [4.69, 9.17) is 9.47 Å². The molecule has 126 valence electrons. The van der Waals surface area contributed by atoms with Gasteiger partial charge in [0.15, 0.2) is 6.29 Å². The van der Waals surface area contributed by atoms with Crippen LogP contribution in [0.4, 0.5) is 10.1 Å². The lowest BCUT2D eigenvalue weighted by atomic mass is 9.99. The Hall–Kier alpha value is -2.31. The molecule has 0 aromatic heterocycles. The van der Waals surface area contributed by atoms with Crippen molar-refractivity contribution in [1.82, 2.24) is 0 Å². The van der Waals surface area contributed by atoms with Gasteiger partial charge in [-0.1, -0.05) is 24.3 Å². The highest BCUT2D eigenvalue weighted by Gasteiger charge is 2.17. The first-order valence-corrected chi connectivity index (χ1v) is 7.90. The van der Waals surface area contributed by atoms with Crippen LogP contribution < -0.4 is 0 Å². The van der Waals surface area contributed by atoms with E-state index >= 15 is 0 Å². The second-order valence-corrected chi connectivity index (χ2v) is 5.69. The summed E-state index contributed by atoms with van der Waals surface area (Å²) >= 11 is 0. The van der Waals surface area contributed by atoms with E-state index in [1.54, 1.807) is 12.1 Å². The van der Waals surface area contributed by atoms with Gasteiger partial charge in [0.05, 0.1) is 17.6 Å². The van der Waals surface area contributed by atoms with Crippen LogP contribution in [-0.2, 0) is 16.1 Å². The minimum Gasteiger partial charge on any atom is -0.353 e. The number of nitro groups is 1. The Labute approximate surface area is 139 Å². The van der Waals surface area contributed by atoms with Crippen molar-refractivity contribution in [1.29, 1.82) is 0 Å². The first kappa shape index (κ1) is 16.5. The van der Waals surface area contributed by atoms with Gasteiger partial charge in [-0.05, 0) is 36.5 Å². The molecule has 1 fully saturated rings. The minimum atomic E-state index is -0.620. The third-order valence-electron chi connectivity index (χ3n) is 4.03. The lowest BCUT2D eigenvalue weighted by Crippen LogP contribution is -2.22. The van der Waals surface area contributed by atoms with Gasteiger partial charge in [0.2, 0.25) is 0 Å². The van der Waals surface area contributed by atoms with Crippen LogP contribution in [0.15, 0.2) is 42.5 Å². The van der Waals surface area contributed by atoms with Gasteiger partial charge >= 0.3 is 0 Å². The van der Waals surface area contributed by atoms with E-state index < -0.39 is 10.7 Å². The number of rotatable bonds is 5. The molecular weight excluding hydrogens is 313 g/mol. The van der Waals surface area contributed by atoms with Gasteiger partial charge in [-0.25, -0.2) is 4.39 Å². The maximum Gasteiger partial charge on any atom is 0.272 e. The summed E-state index contributed by atoms with van der Waals surface area (Å²) in [6.45, 7) is 1.00. The summed E-state index contributed by atoms with van der Waals surface area (Å²) < 4.78 is 25.6. The summed E-state index contributed by atoms with van der Waals surface area (Å²) in [5, 5.41) is 10.8. The van der Waals surface area contributed by atoms with Crippen LogP contribution in [0.5, 0.6) is 0 Å². The molecule has 0 radical (unpaired) electrons. The highest BCUT2D eigenvalue weighted by Crippen LogP contribution is 2.30. The zero-order valence-corrected chi connectivity index (χ0v) is 13.1. The Bertz CT molecular complexity index is 729. The van der Waals surface area contributed by atoms with E-state index in [0.29, 0.717) is 24.3 Å². The van der Waals surface area contributed by atoms with Crippen LogP contribution in [0.3, 0.4) is 0 Å². The lowest BCUT2D eigenvalue weighted by molar-refractivity contribution is -0.385. The number of nitro benzene ring substituents is 1. The average molecular weight is 331 g/mol. The normalized spacial score (nSPS) is 17.6. The SMILES string of the molecule is O=[N+]([O-])c1ccc(-c2ccccc2COC2CCCCO2)c(F)c1. The van der Waals surface area contributed by atoms with Gasteiger partial charge in [0, 0.05) is 18.2 Å². The Kier molecular flexibility index (Phi) is 5.17. The van der Waals surface area contributed by atoms with Crippen LogP contribution in [-0.4, -0.2) is 17.8 Å². The van der Waals surface area contributed by atoms with Gasteiger partial charge in [-0.2, -0.15) is 0 Å². The molecule has 1 aliphatic heterocycles. The number of halogens is 1. The first-order chi connectivity index (χ1) is 11.6. The van der Waals surface area contributed by atoms with Crippen molar-refractivity contribution in [3.63, 3.8) is 0 Å². The number of non-ortho nitro benzene ring substituents is 1. The van der Waals surface area contributed by atoms with E-state index in [0.717, 1.165) is 30.9 Å². The summed E-state index contributed by atoms with van der Waals surface area (Å²) in [6.07, 6.45) is 2.75. The summed E-state index contributed by atoms with van der Waals surface area (Å²) in [4.78, 5) is 10.1. The van der Waals surface area contributed by atoms with Crippen LogP contribution >= 0.6 is 0 Å². The van der Waals surface area contributed by atoms with Crippen molar-refractivity contribution in [3.8, 4) is 11.1 Å². The van der Waals surface area contributed by atoms with Crippen molar-refractivity contribution < 1.29 is 18.8 Å². The van der Waals surface area contributed by atoms with Crippen molar-refractivity contribution in [2.45, 2.75) is 32.2 Å². The smallest absolute Gasteiger partial charge is 0.272 e. The zero-order chi connectivity index (χ0) is 16.9. The van der Waals surface area contributed by atoms with Gasteiger partial charge in [0.25, 0.3) is 5.69 Å².